The van der Waals surface area contributed by atoms with E-state index in [1.165, 1.54) is 17.6 Å². The van der Waals surface area contributed by atoms with Gasteiger partial charge in [0.05, 0.1) is 29.8 Å². The molecule has 7 nitrogen and oxygen atoms in total. The summed E-state index contributed by atoms with van der Waals surface area (Å²) in [7, 11) is -3.00. The Bertz CT molecular complexity index is 625. The molecule has 0 amide bonds. The van der Waals surface area contributed by atoms with Crippen molar-refractivity contribution in [3.05, 3.63) is 21.3 Å². The average molecular weight is 526 g/mol. The van der Waals surface area contributed by atoms with Gasteiger partial charge in [0.1, 0.15) is 15.9 Å². The fraction of sp³-hybridized carbons (Fsp3) is 0.643. The number of aliphatic hydroxyl groups excluding tert-OH is 1. The number of sulfone groups is 1. The summed E-state index contributed by atoms with van der Waals surface area (Å²) in [5.74, 6) is 0.572. The van der Waals surface area contributed by atoms with E-state index in [2.05, 4.69) is 15.6 Å². The number of nitrogens with one attached hydrogen (secondary N) is 2. The highest BCUT2D eigenvalue weighted by atomic mass is 127. The first-order valence-electron chi connectivity index (χ1n) is 7.52. The number of ether oxygens (including phenoxy) is 1. The van der Waals surface area contributed by atoms with Gasteiger partial charge in [-0.15, -0.1) is 35.3 Å². The van der Waals surface area contributed by atoms with Crippen LogP contribution in [0, 0.1) is 0 Å². The molecular formula is C14H25ClIN3O4S2. The van der Waals surface area contributed by atoms with E-state index in [0.717, 1.165) is 4.88 Å². The summed E-state index contributed by atoms with van der Waals surface area (Å²) in [5, 5.41) is 16.2. The van der Waals surface area contributed by atoms with Gasteiger partial charge in [-0.3, -0.25) is 4.99 Å². The Kier molecular flexibility index (Phi) is 13.0. The van der Waals surface area contributed by atoms with Crippen molar-refractivity contribution in [3.8, 4) is 0 Å². The van der Waals surface area contributed by atoms with Gasteiger partial charge in [-0.05, 0) is 19.1 Å². The van der Waals surface area contributed by atoms with Crippen LogP contribution in [0.4, 0.5) is 0 Å². The van der Waals surface area contributed by atoms with Crippen LogP contribution in [0.2, 0.25) is 4.34 Å². The Labute approximate surface area is 175 Å². The van der Waals surface area contributed by atoms with Crippen molar-refractivity contribution in [2.45, 2.75) is 13.0 Å². The Morgan fingerprint density at radius 2 is 2.12 bits per heavy atom. The lowest BCUT2D eigenvalue weighted by Gasteiger charge is -2.12. The molecular weight excluding hydrogens is 501 g/mol. The Morgan fingerprint density at radius 1 is 1.40 bits per heavy atom. The zero-order chi connectivity index (χ0) is 18.0. The van der Waals surface area contributed by atoms with Gasteiger partial charge >= 0.3 is 0 Å². The molecule has 25 heavy (non-hydrogen) atoms. The van der Waals surface area contributed by atoms with Gasteiger partial charge in [0.25, 0.3) is 0 Å². The molecule has 0 aliphatic carbocycles. The first-order chi connectivity index (χ1) is 11.3. The molecule has 1 rings (SSSR count). The molecule has 0 bridgehead atoms. The molecule has 1 aromatic rings. The van der Waals surface area contributed by atoms with Crippen molar-refractivity contribution in [1.82, 2.24) is 10.6 Å². The first-order valence-corrected chi connectivity index (χ1v) is 10.8. The lowest BCUT2D eigenvalue weighted by molar-refractivity contribution is 0.154. The number of thiophene rings is 1. The maximum Gasteiger partial charge on any atom is 0.191 e. The van der Waals surface area contributed by atoms with Gasteiger partial charge in [0.2, 0.25) is 0 Å². The van der Waals surface area contributed by atoms with Crippen LogP contribution in [0.5, 0.6) is 0 Å². The van der Waals surface area contributed by atoms with E-state index in [1.54, 1.807) is 12.1 Å². The molecule has 0 aliphatic rings. The van der Waals surface area contributed by atoms with Crippen LogP contribution >= 0.6 is 46.9 Å². The lowest BCUT2D eigenvalue weighted by Crippen LogP contribution is -2.39. The Balaban J connectivity index is 0.00000576. The minimum absolute atomic E-state index is 0. The van der Waals surface area contributed by atoms with E-state index in [1.807, 2.05) is 6.92 Å². The van der Waals surface area contributed by atoms with Crippen molar-refractivity contribution < 1.29 is 18.3 Å². The van der Waals surface area contributed by atoms with E-state index < -0.39 is 15.9 Å². The fourth-order valence-corrected chi connectivity index (χ4v) is 3.13. The predicted molar refractivity (Wildman–Crippen MR) is 114 cm³/mol. The summed E-state index contributed by atoms with van der Waals surface area (Å²) in [4.78, 5) is 5.08. The molecule has 0 spiro atoms. The second-order valence-electron chi connectivity index (χ2n) is 5.05. The number of guanidine groups is 1. The summed E-state index contributed by atoms with van der Waals surface area (Å²) in [6.45, 7) is 3.85. The highest BCUT2D eigenvalue weighted by Gasteiger charge is 2.10. The van der Waals surface area contributed by atoms with Crippen LogP contribution in [0.3, 0.4) is 0 Å². The van der Waals surface area contributed by atoms with E-state index in [9.17, 15) is 13.5 Å². The van der Waals surface area contributed by atoms with Crippen LogP contribution in [0.1, 0.15) is 17.9 Å². The molecule has 1 unspecified atom stereocenters. The van der Waals surface area contributed by atoms with Gasteiger partial charge in [0.15, 0.2) is 5.96 Å². The molecule has 0 saturated carbocycles. The molecule has 11 heteroatoms. The minimum Gasteiger partial charge on any atom is -0.386 e. The van der Waals surface area contributed by atoms with Crippen LogP contribution in [0.15, 0.2) is 17.1 Å². The highest BCUT2D eigenvalue weighted by molar-refractivity contribution is 14.0. The third kappa shape index (κ3) is 12.0. The fourth-order valence-electron chi connectivity index (χ4n) is 1.67. The SMILES string of the molecule is CCNC(=NCC(O)c1ccc(Cl)s1)NCCOCCS(C)(=O)=O.I. The van der Waals surface area contributed by atoms with Crippen molar-refractivity contribution >= 4 is 62.7 Å². The molecule has 3 N–H and O–H groups in total. The maximum atomic E-state index is 11.0. The third-order valence-corrected chi connectivity index (χ3v) is 5.07. The molecule has 0 saturated heterocycles. The number of halogens is 2. The van der Waals surface area contributed by atoms with Crippen molar-refractivity contribution in [3.63, 3.8) is 0 Å². The minimum atomic E-state index is -3.00. The van der Waals surface area contributed by atoms with Gasteiger partial charge < -0.3 is 20.5 Å². The molecule has 1 heterocycles. The second-order valence-corrected chi connectivity index (χ2v) is 9.05. The van der Waals surface area contributed by atoms with E-state index >= 15 is 0 Å². The predicted octanol–water partition coefficient (Wildman–Crippen LogP) is 1.67. The number of nitrogens with zero attached hydrogens (tertiary/aromatic N) is 1. The molecule has 1 aromatic heterocycles. The Morgan fingerprint density at radius 3 is 2.68 bits per heavy atom. The average Bonchev–Trinajstić information content (AvgIpc) is 2.93. The number of aliphatic imine (C=N–C) groups is 1. The van der Waals surface area contributed by atoms with Gasteiger partial charge in [-0.25, -0.2) is 8.42 Å². The standard InChI is InChI=1S/C14H24ClN3O4S2.HI/c1-3-16-14(17-6-7-22-8-9-24(2,20)21)18-10-11(19)12-4-5-13(15)23-12;/h4-5,11,19H,3,6-10H2,1-2H3,(H2,16,17,18);1H. The molecule has 0 fully saturated rings. The summed E-state index contributed by atoms with van der Waals surface area (Å²) in [6.07, 6.45) is 0.473. The number of rotatable bonds is 10. The van der Waals surface area contributed by atoms with Crippen LogP contribution in [-0.2, 0) is 14.6 Å². The topological polar surface area (TPSA) is 100 Å². The molecule has 0 aromatic carbocycles. The first kappa shape index (κ1) is 24.9. The summed E-state index contributed by atoms with van der Waals surface area (Å²) < 4.78 is 27.8. The largest absolute Gasteiger partial charge is 0.386 e. The van der Waals surface area contributed by atoms with Crippen LogP contribution in [0.25, 0.3) is 0 Å². The normalized spacial score (nSPS) is 13.2. The van der Waals surface area contributed by atoms with Crippen LogP contribution in [-0.4, -0.2) is 64.3 Å². The van der Waals surface area contributed by atoms with Crippen LogP contribution < -0.4 is 10.6 Å². The molecule has 0 radical (unpaired) electrons. The van der Waals surface area contributed by atoms with Gasteiger partial charge in [0, 0.05) is 24.2 Å². The van der Waals surface area contributed by atoms with Crippen molar-refractivity contribution in [2.24, 2.45) is 4.99 Å². The molecule has 146 valence electrons. The number of hydrogen-bond donors (Lipinski definition) is 3. The second kappa shape index (κ2) is 13.1. The zero-order valence-electron chi connectivity index (χ0n) is 14.2. The Hall–Kier alpha value is -0.140. The monoisotopic (exact) mass is 525 g/mol. The van der Waals surface area contributed by atoms with E-state index in [4.69, 9.17) is 16.3 Å². The van der Waals surface area contributed by atoms with E-state index in [0.29, 0.717) is 30.0 Å². The van der Waals surface area contributed by atoms with Crippen molar-refractivity contribution in [2.75, 3.05) is 44.9 Å². The van der Waals surface area contributed by atoms with Gasteiger partial charge in [-0.2, -0.15) is 0 Å². The molecule has 1 atom stereocenters. The van der Waals surface area contributed by atoms with Crippen molar-refractivity contribution in [1.29, 1.82) is 0 Å². The summed E-state index contributed by atoms with van der Waals surface area (Å²) >= 11 is 7.18. The zero-order valence-corrected chi connectivity index (χ0v) is 18.9. The smallest absolute Gasteiger partial charge is 0.191 e. The van der Waals surface area contributed by atoms with Gasteiger partial charge in [-0.1, -0.05) is 11.6 Å². The van der Waals surface area contributed by atoms with E-state index in [-0.39, 0.29) is 42.9 Å². The summed E-state index contributed by atoms with van der Waals surface area (Å²) in [5.41, 5.74) is 0. The highest BCUT2D eigenvalue weighted by Crippen LogP contribution is 2.26. The quantitative estimate of drug-likeness (QED) is 0.186. The summed E-state index contributed by atoms with van der Waals surface area (Å²) in [6, 6.07) is 3.52. The lowest BCUT2D eigenvalue weighted by atomic mass is 10.3. The number of hydrogen-bond acceptors (Lipinski definition) is 6. The third-order valence-electron chi connectivity index (χ3n) is 2.83. The maximum absolute atomic E-state index is 11.0. The number of aliphatic hydroxyl groups is 1. The molecule has 0 aliphatic heterocycles.